The Kier molecular flexibility index (Phi) is 8.55. The normalized spacial score (nSPS) is 10.5. The molecule has 2 amide bonds. The average molecular weight is 531 g/mol. The number of nitro benzene ring substituents is 1. The van der Waals surface area contributed by atoms with Crippen LogP contribution in [0.25, 0.3) is 0 Å². The highest BCUT2D eigenvalue weighted by atomic mass is 35.5. The van der Waals surface area contributed by atoms with Crippen LogP contribution >= 0.6 is 23.2 Å². The number of nitrogens with zero attached hydrogens (tertiary/aromatic N) is 2. The van der Waals surface area contributed by atoms with Gasteiger partial charge in [-0.3, -0.25) is 19.7 Å². The largest absolute Gasteiger partial charge is 0.493 e. The van der Waals surface area contributed by atoms with Crippen molar-refractivity contribution in [3.63, 3.8) is 0 Å². The molecule has 184 valence electrons. The fraction of sp³-hybridized carbons (Fsp3) is 0.0435. The van der Waals surface area contributed by atoms with Crippen molar-refractivity contribution in [3.05, 3.63) is 92.0 Å². The van der Waals surface area contributed by atoms with E-state index >= 15 is 0 Å². The molecule has 3 aromatic rings. The van der Waals surface area contributed by atoms with E-state index in [1.54, 1.807) is 0 Å². The first-order valence-corrected chi connectivity index (χ1v) is 10.7. The smallest absolute Gasteiger partial charge is 0.343 e. The van der Waals surface area contributed by atoms with Crippen LogP contribution in [0, 0.1) is 10.1 Å². The summed E-state index contributed by atoms with van der Waals surface area (Å²) >= 11 is 11.8. The maximum atomic E-state index is 12.4. The molecule has 0 aliphatic heterocycles. The molecule has 0 radical (unpaired) electrons. The number of rotatable bonds is 7. The number of carbonyl (C=O) groups is 3. The number of carbonyl (C=O) groups excluding carboxylic acids is 3. The number of halogens is 2. The van der Waals surface area contributed by atoms with Crippen LogP contribution in [-0.4, -0.2) is 36.0 Å². The second-order valence-corrected chi connectivity index (χ2v) is 7.72. The third-order valence-electron chi connectivity index (χ3n) is 4.47. The highest BCUT2D eigenvalue weighted by molar-refractivity contribution is 6.42. The Labute approximate surface area is 213 Å². The molecule has 0 aliphatic rings. The molecule has 0 atom stereocenters. The number of hydrazone groups is 1. The number of non-ortho nitro benzene ring substituents is 1. The quantitative estimate of drug-likeness (QED) is 0.116. The van der Waals surface area contributed by atoms with Gasteiger partial charge < -0.3 is 14.8 Å². The highest BCUT2D eigenvalue weighted by Gasteiger charge is 2.16. The van der Waals surface area contributed by atoms with Crippen molar-refractivity contribution in [2.45, 2.75) is 0 Å². The molecule has 0 saturated heterocycles. The minimum absolute atomic E-state index is 0.0832. The van der Waals surface area contributed by atoms with Crippen LogP contribution < -0.4 is 20.2 Å². The molecule has 2 N–H and O–H groups in total. The van der Waals surface area contributed by atoms with Crippen molar-refractivity contribution in [1.29, 1.82) is 0 Å². The van der Waals surface area contributed by atoms with E-state index in [1.165, 1.54) is 74.0 Å². The predicted octanol–water partition coefficient (Wildman–Crippen LogP) is 4.22. The molecule has 36 heavy (non-hydrogen) atoms. The monoisotopic (exact) mass is 530 g/mol. The van der Waals surface area contributed by atoms with Crippen LogP contribution in [0.1, 0.15) is 15.9 Å². The Balaban J connectivity index is 1.62. The zero-order valence-electron chi connectivity index (χ0n) is 18.4. The molecular weight excluding hydrogens is 515 g/mol. The third-order valence-corrected chi connectivity index (χ3v) is 5.03. The number of ether oxygens (including phenoxy) is 2. The van der Waals surface area contributed by atoms with E-state index in [-0.39, 0.29) is 33.5 Å². The number of nitro groups is 1. The first-order valence-electron chi connectivity index (χ1n) is 9.92. The van der Waals surface area contributed by atoms with Crippen molar-refractivity contribution < 1.29 is 28.8 Å². The molecular formula is C23H16Cl2N4O7. The van der Waals surface area contributed by atoms with Gasteiger partial charge in [-0.15, -0.1) is 0 Å². The second-order valence-electron chi connectivity index (χ2n) is 6.88. The summed E-state index contributed by atoms with van der Waals surface area (Å²) in [5.41, 5.74) is 2.62. The Morgan fingerprint density at radius 3 is 2.36 bits per heavy atom. The molecule has 3 aromatic carbocycles. The van der Waals surface area contributed by atoms with Crippen molar-refractivity contribution in [2.24, 2.45) is 5.10 Å². The van der Waals surface area contributed by atoms with Crippen LogP contribution in [0.3, 0.4) is 0 Å². The second kappa shape index (κ2) is 11.8. The molecule has 0 aliphatic carbocycles. The molecule has 0 heterocycles. The third kappa shape index (κ3) is 6.78. The number of hydrogen-bond donors (Lipinski definition) is 2. The van der Waals surface area contributed by atoms with Crippen LogP contribution in [0.4, 0.5) is 11.4 Å². The summed E-state index contributed by atoms with van der Waals surface area (Å²) in [6, 6.07) is 13.7. The van der Waals surface area contributed by atoms with Gasteiger partial charge in [0.1, 0.15) is 0 Å². The Morgan fingerprint density at radius 2 is 1.69 bits per heavy atom. The zero-order chi connectivity index (χ0) is 26.2. The lowest BCUT2D eigenvalue weighted by molar-refractivity contribution is -0.384. The fourth-order valence-electron chi connectivity index (χ4n) is 2.72. The summed E-state index contributed by atoms with van der Waals surface area (Å²) in [5.74, 6) is -2.55. The van der Waals surface area contributed by atoms with Crippen molar-refractivity contribution in [3.8, 4) is 11.5 Å². The highest BCUT2D eigenvalue weighted by Crippen LogP contribution is 2.29. The number of nitrogens with one attached hydrogen (secondary N) is 2. The van der Waals surface area contributed by atoms with Gasteiger partial charge in [-0.2, -0.15) is 5.10 Å². The van der Waals surface area contributed by atoms with Crippen LogP contribution in [-0.2, 0) is 9.59 Å². The fourth-order valence-corrected chi connectivity index (χ4v) is 3.05. The zero-order valence-corrected chi connectivity index (χ0v) is 19.9. The topological polar surface area (TPSA) is 149 Å². The summed E-state index contributed by atoms with van der Waals surface area (Å²) < 4.78 is 10.5. The predicted molar refractivity (Wildman–Crippen MR) is 132 cm³/mol. The van der Waals surface area contributed by atoms with Gasteiger partial charge in [0.25, 0.3) is 5.69 Å². The van der Waals surface area contributed by atoms with Gasteiger partial charge in [0, 0.05) is 17.2 Å². The van der Waals surface area contributed by atoms with E-state index < -0.39 is 22.7 Å². The molecule has 0 aromatic heterocycles. The first-order chi connectivity index (χ1) is 17.2. The number of methoxy groups -OCH3 is 1. The van der Waals surface area contributed by atoms with Crippen LogP contribution in [0.15, 0.2) is 65.8 Å². The molecule has 0 unspecified atom stereocenters. The molecule has 11 nitrogen and oxygen atoms in total. The van der Waals surface area contributed by atoms with E-state index in [0.717, 1.165) is 0 Å². The van der Waals surface area contributed by atoms with Crippen LogP contribution in [0.5, 0.6) is 11.5 Å². The molecule has 0 spiro atoms. The number of benzene rings is 3. The standard InChI is InChI=1S/C23H16Cl2N4O7/c1-35-20-10-13(2-9-19(20)36-23(32)14-3-6-16(7-4-14)29(33)34)12-26-28-22(31)21(30)27-18-11-15(24)5-8-17(18)25/h2-12H,1H3,(H,27,30)(H,28,31)/b26-12+. The van der Waals surface area contributed by atoms with E-state index in [2.05, 4.69) is 15.8 Å². The van der Waals surface area contributed by atoms with Gasteiger partial charge >= 0.3 is 17.8 Å². The lowest BCUT2D eigenvalue weighted by atomic mass is 10.2. The lowest BCUT2D eigenvalue weighted by Gasteiger charge is -2.10. The lowest BCUT2D eigenvalue weighted by Crippen LogP contribution is -2.32. The summed E-state index contributed by atoms with van der Waals surface area (Å²) in [6.45, 7) is 0. The molecule has 0 bridgehead atoms. The molecule has 3 rings (SSSR count). The first kappa shape index (κ1) is 26.1. The Bertz CT molecular complexity index is 1360. The summed E-state index contributed by atoms with van der Waals surface area (Å²) in [4.78, 5) is 46.5. The van der Waals surface area contributed by atoms with Gasteiger partial charge in [0.05, 0.1) is 34.5 Å². The maximum absolute atomic E-state index is 12.4. The van der Waals surface area contributed by atoms with Crippen molar-refractivity contribution in [1.82, 2.24) is 5.43 Å². The molecule has 13 heteroatoms. The van der Waals surface area contributed by atoms with Crippen molar-refractivity contribution >= 4 is 58.6 Å². The van der Waals surface area contributed by atoms with E-state index in [9.17, 15) is 24.5 Å². The van der Waals surface area contributed by atoms with E-state index in [1.807, 2.05) is 0 Å². The number of amides is 2. The summed E-state index contributed by atoms with van der Waals surface area (Å²) in [5, 5.41) is 17.3. The Hall–Kier alpha value is -4.48. The van der Waals surface area contributed by atoms with Gasteiger partial charge in [-0.25, -0.2) is 10.2 Å². The van der Waals surface area contributed by atoms with Gasteiger partial charge in [0.15, 0.2) is 11.5 Å². The minimum Gasteiger partial charge on any atom is -0.493 e. The number of hydrogen-bond acceptors (Lipinski definition) is 8. The number of esters is 1. The molecule has 0 saturated carbocycles. The van der Waals surface area contributed by atoms with Crippen LogP contribution in [0.2, 0.25) is 10.0 Å². The Morgan fingerprint density at radius 1 is 0.972 bits per heavy atom. The number of anilines is 1. The average Bonchev–Trinajstić information content (AvgIpc) is 2.86. The molecule has 0 fully saturated rings. The maximum Gasteiger partial charge on any atom is 0.343 e. The van der Waals surface area contributed by atoms with E-state index in [4.69, 9.17) is 32.7 Å². The summed E-state index contributed by atoms with van der Waals surface area (Å²) in [7, 11) is 1.35. The van der Waals surface area contributed by atoms with Gasteiger partial charge in [-0.1, -0.05) is 23.2 Å². The van der Waals surface area contributed by atoms with E-state index in [0.29, 0.717) is 10.6 Å². The van der Waals surface area contributed by atoms with Gasteiger partial charge in [0.2, 0.25) is 0 Å². The van der Waals surface area contributed by atoms with Gasteiger partial charge in [-0.05, 0) is 54.1 Å². The van der Waals surface area contributed by atoms with Crippen molar-refractivity contribution in [2.75, 3.05) is 12.4 Å². The minimum atomic E-state index is -1.05. The SMILES string of the molecule is COc1cc(/C=N/NC(=O)C(=O)Nc2cc(Cl)ccc2Cl)ccc1OC(=O)c1ccc([N+](=O)[O-])cc1. The summed E-state index contributed by atoms with van der Waals surface area (Å²) in [6.07, 6.45) is 1.24.